The van der Waals surface area contributed by atoms with Crippen molar-refractivity contribution in [3.63, 3.8) is 0 Å². The molecule has 6 rings (SSSR count). The summed E-state index contributed by atoms with van der Waals surface area (Å²) < 4.78 is 41.2. The van der Waals surface area contributed by atoms with Gasteiger partial charge in [-0.2, -0.15) is 0 Å². The Balaban J connectivity index is 1.62. The number of ether oxygens (including phenoxy) is 2. The molecule has 0 saturated carbocycles. The highest BCUT2D eigenvalue weighted by Crippen LogP contribution is 2.54. The lowest BCUT2D eigenvalue weighted by molar-refractivity contribution is 0.0990. The van der Waals surface area contributed by atoms with Crippen LogP contribution in [0.1, 0.15) is 92.8 Å². The predicted octanol–water partition coefficient (Wildman–Crippen LogP) is 9.89. The first-order chi connectivity index (χ1) is 21.5. The van der Waals surface area contributed by atoms with E-state index in [0.717, 1.165) is 34.6 Å². The molecule has 4 aromatic rings. The van der Waals surface area contributed by atoms with Crippen LogP contribution in [0.2, 0.25) is 0 Å². The molecule has 236 valence electrons. The predicted molar refractivity (Wildman–Crippen MR) is 177 cm³/mol. The highest BCUT2D eigenvalue weighted by molar-refractivity contribution is 6.41. The van der Waals surface area contributed by atoms with Crippen LogP contribution in [0.5, 0.6) is 11.5 Å². The number of rotatable bonds is 4. The molecule has 0 aromatic heterocycles. The summed E-state index contributed by atoms with van der Waals surface area (Å²) in [4.78, 5) is 28.9. The molecule has 2 aliphatic rings. The quantitative estimate of drug-likeness (QED) is 0.168. The molecule has 0 spiro atoms. The van der Waals surface area contributed by atoms with E-state index in [1.165, 1.54) is 6.08 Å². The van der Waals surface area contributed by atoms with Gasteiger partial charge in [-0.3, -0.25) is 9.59 Å². The number of Topliss-reactive ketones (excluding diaryl/α,β-unsaturated/α-hetero) is 2. The molecular formula is C39H37F2NO4. The van der Waals surface area contributed by atoms with E-state index in [-0.39, 0.29) is 22.1 Å². The second-order valence-electron chi connectivity index (χ2n) is 14.3. The van der Waals surface area contributed by atoms with Gasteiger partial charge < -0.3 is 14.4 Å². The fourth-order valence-electron chi connectivity index (χ4n) is 6.21. The lowest BCUT2D eigenvalue weighted by atomic mass is 9.73. The van der Waals surface area contributed by atoms with Gasteiger partial charge in [-0.25, -0.2) is 8.78 Å². The third-order valence-corrected chi connectivity index (χ3v) is 8.14. The molecule has 0 fully saturated rings. The van der Waals surface area contributed by atoms with E-state index < -0.39 is 34.4 Å². The van der Waals surface area contributed by atoms with Crippen molar-refractivity contribution in [2.24, 2.45) is 0 Å². The van der Waals surface area contributed by atoms with Gasteiger partial charge in [0.25, 0.3) is 0 Å². The number of allylic oxidation sites excluding steroid dienone is 1. The highest BCUT2D eigenvalue weighted by Gasteiger charge is 2.39. The van der Waals surface area contributed by atoms with Gasteiger partial charge in [-0.1, -0.05) is 50.2 Å². The summed E-state index contributed by atoms with van der Waals surface area (Å²) in [5.74, 6) is -2.82. The molecule has 0 atom stereocenters. The molecule has 4 aromatic carbocycles. The zero-order valence-corrected chi connectivity index (χ0v) is 27.3. The zero-order valence-electron chi connectivity index (χ0n) is 27.3. The summed E-state index contributed by atoms with van der Waals surface area (Å²) in [5.41, 5.74) is 3.28. The molecular weight excluding hydrogens is 584 g/mol. The number of carbonyl (C=O) groups excluding carboxylic acids is 2. The van der Waals surface area contributed by atoms with Crippen molar-refractivity contribution in [3.8, 4) is 11.5 Å². The summed E-state index contributed by atoms with van der Waals surface area (Å²) in [7, 11) is 0. The van der Waals surface area contributed by atoms with Crippen molar-refractivity contribution in [2.45, 2.75) is 72.0 Å². The molecule has 7 heteroatoms. The molecule has 0 amide bonds. The van der Waals surface area contributed by atoms with Crippen LogP contribution in [0.15, 0.2) is 78.4 Å². The maximum absolute atomic E-state index is 14.1. The maximum Gasteiger partial charge on any atom is 0.197 e. The van der Waals surface area contributed by atoms with E-state index >= 15 is 0 Å². The minimum atomic E-state index is -1.19. The Morgan fingerprint density at radius 3 is 1.59 bits per heavy atom. The Kier molecular flexibility index (Phi) is 7.23. The maximum atomic E-state index is 14.1. The van der Waals surface area contributed by atoms with Gasteiger partial charge in [-0.15, -0.1) is 0 Å². The number of fused-ring (bicyclic) bond motifs is 3. The SMILES string of the molecule is CC(C)(C)Oc1cc(N2c3ccccc3C(C)(C)c3ccccc32)c(OC(C)(C)C)cc1C=C1C(=O)c2cc(F)c(F)cc2C1=O. The second-order valence-corrected chi connectivity index (χ2v) is 14.3. The van der Waals surface area contributed by atoms with Crippen LogP contribution < -0.4 is 14.4 Å². The smallest absolute Gasteiger partial charge is 0.197 e. The number of benzene rings is 4. The molecule has 1 aliphatic heterocycles. The molecule has 5 nitrogen and oxygen atoms in total. The van der Waals surface area contributed by atoms with E-state index in [1.54, 1.807) is 6.07 Å². The van der Waals surface area contributed by atoms with Crippen molar-refractivity contribution < 1.29 is 27.8 Å². The standard InChI is InChI=1S/C39H37F2NO4/c1-37(2,3)45-33-21-32(42-30-15-11-9-13-26(30)39(7,8)27-14-10-12-16-31(27)42)34(46-38(4,5)6)18-22(33)17-25-35(43)23-19-28(40)29(41)20-24(23)36(25)44/h9-21H,1-8H3. The number of carbonyl (C=O) groups is 2. The van der Waals surface area contributed by atoms with Gasteiger partial charge in [0.2, 0.25) is 0 Å². The van der Waals surface area contributed by atoms with Crippen LogP contribution in [0.3, 0.4) is 0 Å². The van der Waals surface area contributed by atoms with Crippen LogP contribution in [0, 0.1) is 11.6 Å². The average Bonchev–Trinajstić information content (AvgIpc) is 3.17. The number of halogens is 2. The molecule has 1 aliphatic carbocycles. The molecule has 0 saturated heterocycles. The summed E-state index contributed by atoms with van der Waals surface area (Å²) in [5, 5.41) is 0. The first-order valence-corrected chi connectivity index (χ1v) is 15.3. The number of hydrogen-bond acceptors (Lipinski definition) is 5. The molecule has 0 unspecified atom stereocenters. The molecule has 0 radical (unpaired) electrons. The van der Waals surface area contributed by atoms with Crippen molar-refractivity contribution in [1.29, 1.82) is 0 Å². The first kappa shape index (κ1) is 31.2. The summed E-state index contributed by atoms with van der Waals surface area (Å²) >= 11 is 0. The summed E-state index contributed by atoms with van der Waals surface area (Å²) in [6.07, 6.45) is 1.43. The number of anilines is 3. The van der Waals surface area contributed by atoms with Crippen LogP contribution in [-0.2, 0) is 5.41 Å². The van der Waals surface area contributed by atoms with Crippen molar-refractivity contribution in [3.05, 3.63) is 118 Å². The van der Waals surface area contributed by atoms with Crippen LogP contribution in [0.4, 0.5) is 25.8 Å². The minimum absolute atomic E-state index is 0.166. The fraction of sp³-hybridized carbons (Fsp3) is 0.282. The van der Waals surface area contributed by atoms with Gasteiger partial charge >= 0.3 is 0 Å². The number of para-hydroxylation sites is 2. The Labute approximate surface area is 268 Å². The van der Waals surface area contributed by atoms with E-state index in [2.05, 4.69) is 43.0 Å². The largest absolute Gasteiger partial charge is 0.487 e. The van der Waals surface area contributed by atoms with Gasteiger partial charge in [0.1, 0.15) is 22.7 Å². The topological polar surface area (TPSA) is 55.8 Å². The van der Waals surface area contributed by atoms with Gasteiger partial charge in [0, 0.05) is 28.2 Å². The Morgan fingerprint density at radius 2 is 1.11 bits per heavy atom. The first-order valence-electron chi connectivity index (χ1n) is 15.3. The third-order valence-electron chi connectivity index (χ3n) is 8.14. The van der Waals surface area contributed by atoms with Gasteiger partial charge in [0.15, 0.2) is 23.2 Å². The summed E-state index contributed by atoms with van der Waals surface area (Å²) in [6, 6.07) is 21.7. The Bertz CT molecular complexity index is 1870. The van der Waals surface area contributed by atoms with E-state index in [9.17, 15) is 18.4 Å². The van der Waals surface area contributed by atoms with Crippen molar-refractivity contribution >= 4 is 34.7 Å². The number of nitrogens with zero attached hydrogens (tertiary/aromatic N) is 1. The summed E-state index contributed by atoms with van der Waals surface area (Å²) in [6.45, 7) is 16.0. The van der Waals surface area contributed by atoms with Gasteiger partial charge in [0.05, 0.1) is 22.6 Å². The van der Waals surface area contributed by atoms with Crippen LogP contribution >= 0.6 is 0 Å². The number of ketones is 2. The Hall–Kier alpha value is -4.78. The Morgan fingerprint density at radius 1 is 0.652 bits per heavy atom. The van der Waals surface area contributed by atoms with Gasteiger partial charge in [-0.05, 0) is 89.1 Å². The molecule has 0 N–H and O–H groups in total. The average molecular weight is 622 g/mol. The van der Waals surface area contributed by atoms with E-state index in [0.29, 0.717) is 22.7 Å². The molecule has 1 heterocycles. The normalized spacial score (nSPS) is 15.3. The minimum Gasteiger partial charge on any atom is -0.487 e. The van der Waals surface area contributed by atoms with E-state index in [1.807, 2.05) is 71.9 Å². The lowest BCUT2D eigenvalue weighted by Gasteiger charge is -2.42. The zero-order chi connectivity index (χ0) is 33.3. The fourth-order valence-corrected chi connectivity index (χ4v) is 6.21. The third kappa shape index (κ3) is 5.38. The second kappa shape index (κ2) is 10.6. The van der Waals surface area contributed by atoms with Crippen LogP contribution in [0.25, 0.3) is 6.08 Å². The van der Waals surface area contributed by atoms with Crippen molar-refractivity contribution in [1.82, 2.24) is 0 Å². The molecule has 46 heavy (non-hydrogen) atoms. The van der Waals surface area contributed by atoms with E-state index in [4.69, 9.17) is 9.47 Å². The monoisotopic (exact) mass is 621 g/mol. The lowest BCUT2D eigenvalue weighted by Crippen LogP contribution is -2.31. The van der Waals surface area contributed by atoms with Crippen LogP contribution in [-0.4, -0.2) is 22.8 Å². The highest BCUT2D eigenvalue weighted by atomic mass is 19.2. The van der Waals surface area contributed by atoms with Crippen molar-refractivity contribution in [2.75, 3.05) is 4.90 Å². The number of hydrogen-bond donors (Lipinski definition) is 0. The molecule has 0 bridgehead atoms.